The lowest BCUT2D eigenvalue weighted by atomic mass is 10.1. The van der Waals surface area contributed by atoms with Crippen LogP contribution in [-0.4, -0.2) is 11.0 Å². The molecule has 0 spiro atoms. The van der Waals surface area contributed by atoms with Gasteiger partial charge in [-0.05, 0) is 31.5 Å². The molecule has 1 atom stereocenters. The minimum Gasteiger partial charge on any atom is -0.333 e. The number of thiazole rings is 1. The number of nitrogens with two attached hydrogens (primary N) is 1. The number of nitrogens with one attached hydrogen (secondary N) is 2. The first-order valence-electron chi connectivity index (χ1n) is 6.35. The van der Waals surface area contributed by atoms with Gasteiger partial charge in [-0.2, -0.15) is 0 Å². The molecule has 6 heteroatoms. The Labute approximate surface area is 122 Å². The van der Waals surface area contributed by atoms with Crippen molar-refractivity contribution in [3.63, 3.8) is 0 Å². The minimum absolute atomic E-state index is 0.0559. The van der Waals surface area contributed by atoms with Crippen molar-refractivity contribution in [1.82, 2.24) is 10.3 Å². The van der Waals surface area contributed by atoms with E-state index in [-0.39, 0.29) is 12.1 Å². The molecule has 0 aliphatic heterocycles. The third kappa shape index (κ3) is 3.79. The predicted molar refractivity (Wildman–Crippen MR) is 81.8 cm³/mol. The van der Waals surface area contributed by atoms with Crippen LogP contribution in [0.2, 0.25) is 0 Å². The number of anilines is 1. The molecule has 106 valence electrons. The normalized spacial score (nSPS) is 11.9. The van der Waals surface area contributed by atoms with E-state index in [1.54, 1.807) is 5.51 Å². The summed E-state index contributed by atoms with van der Waals surface area (Å²) in [5.41, 5.74) is 10.3. The topological polar surface area (TPSA) is 80.0 Å². The molecular weight excluding hydrogens is 272 g/mol. The molecular formula is C14H18N4OS. The first kappa shape index (κ1) is 14.5. The van der Waals surface area contributed by atoms with E-state index < -0.39 is 0 Å². The smallest absolute Gasteiger partial charge is 0.319 e. The lowest BCUT2D eigenvalue weighted by Gasteiger charge is -2.10. The van der Waals surface area contributed by atoms with E-state index in [0.29, 0.717) is 6.54 Å². The van der Waals surface area contributed by atoms with Gasteiger partial charge in [0.1, 0.15) is 0 Å². The Balaban J connectivity index is 1.91. The zero-order valence-electron chi connectivity index (χ0n) is 11.5. The summed E-state index contributed by atoms with van der Waals surface area (Å²) in [6.07, 6.45) is 0. The number of aryl methyl sites for hydroxylation is 1. The fourth-order valence-corrected chi connectivity index (χ4v) is 2.45. The van der Waals surface area contributed by atoms with Crippen LogP contribution in [0.25, 0.3) is 0 Å². The van der Waals surface area contributed by atoms with Gasteiger partial charge < -0.3 is 16.4 Å². The highest BCUT2D eigenvalue weighted by molar-refractivity contribution is 7.09. The molecule has 0 fully saturated rings. The van der Waals surface area contributed by atoms with Gasteiger partial charge in [0.25, 0.3) is 0 Å². The fraction of sp³-hybridized carbons (Fsp3) is 0.286. The molecule has 0 aliphatic rings. The van der Waals surface area contributed by atoms with Crippen LogP contribution in [0, 0.1) is 6.92 Å². The van der Waals surface area contributed by atoms with Gasteiger partial charge >= 0.3 is 6.03 Å². The summed E-state index contributed by atoms with van der Waals surface area (Å²) in [6.45, 7) is 4.32. The lowest BCUT2D eigenvalue weighted by Crippen LogP contribution is -2.28. The van der Waals surface area contributed by atoms with Gasteiger partial charge in [0, 0.05) is 16.6 Å². The zero-order chi connectivity index (χ0) is 14.5. The number of benzene rings is 1. The van der Waals surface area contributed by atoms with Crippen molar-refractivity contribution in [2.75, 3.05) is 5.32 Å². The van der Waals surface area contributed by atoms with Gasteiger partial charge in [0.2, 0.25) is 0 Å². The summed E-state index contributed by atoms with van der Waals surface area (Å²) in [7, 11) is 0. The van der Waals surface area contributed by atoms with E-state index in [0.717, 1.165) is 21.8 Å². The third-order valence-corrected chi connectivity index (χ3v) is 3.86. The molecule has 0 bridgehead atoms. The Bertz CT molecular complexity index is 594. The number of carbonyl (C=O) groups excluding carboxylic acids is 1. The summed E-state index contributed by atoms with van der Waals surface area (Å²) in [4.78, 5) is 17.0. The zero-order valence-corrected chi connectivity index (χ0v) is 12.3. The molecule has 0 saturated carbocycles. The van der Waals surface area contributed by atoms with E-state index in [2.05, 4.69) is 15.6 Å². The van der Waals surface area contributed by atoms with Crippen molar-refractivity contribution in [3.05, 3.63) is 45.9 Å². The average molecular weight is 290 g/mol. The van der Waals surface area contributed by atoms with Gasteiger partial charge in [-0.1, -0.05) is 12.1 Å². The quantitative estimate of drug-likeness (QED) is 0.810. The van der Waals surface area contributed by atoms with E-state index >= 15 is 0 Å². The minimum atomic E-state index is -0.236. The summed E-state index contributed by atoms with van der Waals surface area (Å²) in [5, 5.41) is 5.61. The van der Waals surface area contributed by atoms with Gasteiger partial charge in [-0.3, -0.25) is 0 Å². The van der Waals surface area contributed by atoms with Crippen LogP contribution in [0.1, 0.15) is 29.1 Å². The molecule has 2 amide bonds. The second-order valence-corrected chi connectivity index (χ2v) is 5.52. The van der Waals surface area contributed by atoms with Crippen LogP contribution in [0.5, 0.6) is 0 Å². The van der Waals surface area contributed by atoms with Crippen molar-refractivity contribution in [1.29, 1.82) is 0 Å². The van der Waals surface area contributed by atoms with Crippen molar-refractivity contribution in [2.24, 2.45) is 5.73 Å². The van der Waals surface area contributed by atoms with Crippen LogP contribution in [-0.2, 0) is 6.54 Å². The van der Waals surface area contributed by atoms with E-state index in [1.807, 2.05) is 38.1 Å². The average Bonchev–Trinajstić information content (AvgIpc) is 2.82. The maximum atomic E-state index is 11.8. The molecule has 0 radical (unpaired) electrons. The van der Waals surface area contributed by atoms with Gasteiger partial charge in [-0.25, -0.2) is 9.78 Å². The molecule has 20 heavy (non-hydrogen) atoms. The third-order valence-electron chi connectivity index (χ3n) is 2.92. The van der Waals surface area contributed by atoms with Crippen LogP contribution >= 0.6 is 11.3 Å². The second-order valence-electron chi connectivity index (χ2n) is 4.58. The van der Waals surface area contributed by atoms with Crippen LogP contribution in [0.3, 0.4) is 0 Å². The Hall–Kier alpha value is -1.92. The number of hydrogen-bond acceptors (Lipinski definition) is 4. The van der Waals surface area contributed by atoms with Crippen molar-refractivity contribution >= 4 is 23.1 Å². The lowest BCUT2D eigenvalue weighted by molar-refractivity contribution is 0.252. The molecule has 1 heterocycles. The number of carbonyl (C=O) groups is 1. The number of urea groups is 1. The Morgan fingerprint density at radius 1 is 1.50 bits per heavy atom. The Morgan fingerprint density at radius 2 is 2.30 bits per heavy atom. The van der Waals surface area contributed by atoms with Crippen molar-refractivity contribution < 1.29 is 4.79 Å². The molecule has 5 nitrogen and oxygen atoms in total. The van der Waals surface area contributed by atoms with E-state index in [1.165, 1.54) is 11.3 Å². The number of nitrogens with zero attached hydrogens (tertiary/aromatic N) is 1. The van der Waals surface area contributed by atoms with Crippen LogP contribution in [0.15, 0.2) is 29.8 Å². The highest BCUT2D eigenvalue weighted by Gasteiger charge is 2.06. The Morgan fingerprint density at radius 3 is 2.95 bits per heavy atom. The number of aromatic nitrogens is 1. The Kier molecular flexibility index (Phi) is 4.70. The number of amides is 2. The summed E-state index contributed by atoms with van der Waals surface area (Å²) < 4.78 is 0. The first-order chi connectivity index (χ1) is 9.56. The molecule has 1 aromatic heterocycles. The fourth-order valence-electron chi connectivity index (χ4n) is 1.73. The summed E-state index contributed by atoms with van der Waals surface area (Å²) in [5.74, 6) is 0. The molecule has 1 aromatic carbocycles. The molecule has 2 aromatic rings. The summed E-state index contributed by atoms with van der Waals surface area (Å²) in [6, 6.07) is 7.24. The molecule has 4 N–H and O–H groups in total. The largest absolute Gasteiger partial charge is 0.333 e. The highest BCUT2D eigenvalue weighted by atomic mass is 32.1. The van der Waals surface area contributed by atoms with Gasteiger partial charge in [0.15, 0.2) is 0 Å². The van der Waals surface area contributed by atoms with Crippen LogP contribution < -0.4 is 16.4 Å². The second kappa shape index (κ2) is 6.49. The molecule has 2 rings (SSSR count). The van der Waals surface area contributed by atoms with Crippen LogP contribution in [0.4, 0.5) is 10.5 Å². The van der Waals surface area contributed by atoms with Gasteiger partial charge in [0.05, 0.1) is 17.7 Å². The summed E-state index contributed by atoms with van der Waals surface area (Å²) >= 11 is 1.53. The van der Waals surface area contributed by atoms with Crippen molar-refractivity contribution in [2.45, 2.75) is 26.4 Å². The highest BCUT2D eigenvalue weighted by Crippen LogP contribution is 2.15. The SMILES string of the molecule is Cc1ncsc1CNC(=O)Nc1cccc(C(C)N)c1. The number of hydrogen-bond donors (Lipinski definition) is 3. The molecule has 0 aliphatic carbocycles. The monoisotopic (exact) mass is 290 g/mol. The predicted octanol–water partition coefficient (Wildman–Crippen LogP) is 2.79. The van der Waals surface area contributed by atoms with Crippen molar-refractivity contribution in [3.8, 4) is 0 Å². The number of rotatable bonds is 4. The first-order valence-corrected chi connectivity index (χ1v) is 7.23. The molecule has 0 saturated heterocycles. The van der Waals surface area contributed by atoms with E-state index in [9.17, 15) is 4.79 Å². The van der Waals surface area contributed by atoms with E-state index in [4.69, 9.17) is 5.73 Å². The maximum Gasteiger partial charge on any atom is 0.319 e. The molecule has 1 unspecified atom stereocenters. The van der Waals surface area contributed by atoms with Gasteiger partial charge in [-0.15, -0.1) is 11.3 Å². The maximum absolute atomic E-state index is 11.8. The standard InChI is InChI=1S/C14H18N4OS/c1-9(15)11-4-3-5-12(6-11)18-14(19)16-7-13-10(2)17-8-20-13/h3-6,8-9H,7,15H2,1-2H3,(H2,16,18,19).